The summed E-state index contributed by atoms with van der Waals surface area (Å²) in [6.45, 7) is 11.0. The number of aryl methyl sites for hydroxylation is 3. The van der Waals surface area contributed by atoms with E-state index >= 15 is 0 Å². The van der Waals surface area contributed by atoms with E-state index in [0.717, 1.165) is 119 Å². The van der Waals surface area contributed by atoms with Crippen LogP contribution in [-0.4, -0.2) is 140 Å². The molecule has 12 atom stereocenters. The number of isothiocyanates is 1. The minimum Gasteiger partial charge on any atom is -0.493 e. The van der Waals surface area contributed by atoms with Crippen molar-refractivity contribution in [1.82, 2.24) is 28.4 Å². The fourth-order valence-electron chi connectivity index (χ4n) is 23.5. The number of para-hydroxylation sites is 3. The largest absolute Gasteiger partial charge is 0.493 e. The third kappa shape index (κ3) is 8.26. The normalized spacial score (nSPS) is 30.4. The number of aromatic nitrogens is 3. The summed E-state index contributed by atoms with van der Waals surface area (Å²) in [7, 11) is 22.9. The predicted molar refractivity (Wildman–Crippen MR) is 397 cm³/mol. The summed E-state index contributed by atoms with van der Waals surface area (Å²) in [6, 6.07) is 41.4. The van der Waals surface area contributed by atoms with E-state index < -0.39 is 4.92 Å². The molecule has 6 aromatic carbocycles. The van der Waals surface area contributed by atoms with Gasteiger partial charge in [-0.1, -0.05) is 93.6 Å². The minimum atomic E-state index is -0.500. The average Bonchev–Trinajstić information content (AvgIpc) is 1.45. The number of nitro groups is 1. The van der Waals surface area contributed by atoms with Gasteiger partial charge in [0, 0.05) is 117 Å². The van der Waals surface area contributed by atoms with Gasteiger partial charge in [-0.2, -0.15) is 0 Å². The number of fused-ring (bicyclic) bond motifs is 12. The molecule has 9 heterocycles. The summed E-state index contributed by atoms with van der Waals surface area (Å²) < 4.78 is 45.5. The van der Waals surface area contributed by atoms with Gasteiger partial charge < -0.3 is 62.6 Å². The fourth-order valence-corrected chi connectivity index (χ4v) is 23.5. The van der Waals surface area contributed by atoms with Crippen molar-refractivity contribution in [2.75, 3.05) is 83.2 Å². The standard InChI is InChI=1S/3C26H28N2O2.C2H3NS.CH3NO2.CH5N/c3*1-25-14-17-16-7-5-6-8-18(16)28(3)22(17)24-26(25)11-12-27(2)20(25)13-15-9-10-19(29-4)23(30-24)21(15)26;1-3-2-4;1-2(3)4;1-2/h3*5-10,20,24H,11-14H2,1-4H3;2*1H3;2H2,1H3. The lowest BCUT2D eigenvalue weighted by Crippen LogP contribution is -2.68. The monoisotopic (exact) mass is 1370 g/mol. The smallest absolute Gasteiger partial charge is 0.194 e. The summed E-state index contributed by atoms with van der Waals surface area (Å²) in [5.74, 6) is 5.68. The minimum absolute atomic E-state index is 0.0107. The predicted octanol–water partition coefficient (Wildman–Crippen LogP) is 13.3. The third-order valence-corrected chi connectivity index (χ3v) is 27.8. The number of likely N-dealkylation sites (tertiary alicyclic amines) is 3. The first kappa shape index (κ1) is 66.3. The van der Waals surface area contributed by atoms with Crippen LogP contribution in [0, 0.1) is 26.4 Å². The van der Waals surface area contributed by atoms with Crippen LogP contribution in [0.1, 0.15) is 125 Å². The average molecular weight is 1370 g/mol. The van der Waals surface area contributed by atoms with Crippen molar-refractivity contribution >= 4 is 50.1 Å². The topological polar surface area (TPSA) is 161 Å². The molecule has 3 saturated heterocycles. The quantitative estimate of drug-likeness (QED) is 0.0771. The van der Waals surface area contributed by atoms with Crippen molar-refractivity contribution in [3.63, 3.8) is 0 Å². The van der Waals surface area contributed by atoms with Crippen molar-refractivity contribution in [2.24, 2.45) is 48.1 Å². The van der Waals surface area contributed by atoms with Crippen LogP contribution in [0.3, 0.4) is 0 Å². The number of thiocarbonyl (C=S) groups is 1. The Hall–Kier alpha value is -8.22. The highest BCUT2D eigenvalue weighted by molar-refractivity contribution is 7.78. The first-order valence-electron chi connectivity index (χ1n) is 35.7. The number of rotatable bonds is 3. The lowest BCUT2D eigenvalue weighted by Gasteiger charge is -2.64. The van der Waals surface area contributed by atoms with Crippen LogP contribution in [0.25, 0.3) is 32.7 Å². The van der Waals surface area contributed by atoms with Gasteiger partial charge in [0.15, 0.2) is 41.5 Å². The number of nitrogens with zero attached hydrogens (tertiary/aromatic N) is 8. The maximum atomic E-state index is 8.81. The van der Waals surface area contributed by atoms with Gasteiger partial charge in [-0.25, -0.2) is 4.99 Å². The maximum Gasteiger partial charge on any atom is 0.194 e. The summed E-state index contributed by atoms with van der Waals surface area (Å²) in [5.41, 5.74) is 26.2. The van der Waals surface area contributed by atoms with Crippen molar-refractivity contribution < 1.29 is 33.3 Å². The molecule has 3 fully saturated rings. The van der Waals surface area contributed by atoms with E-state index in [1.807, 2.05) is 0 Å². The summed E-state index contributed by atoms with van der Waals surface area (Å²) in [5, 5.41) is 15.1. The Morgan fingerprint density at radius 1 is 0.500 bits per heavy atom. The molecule has 12 unspecified atom stereocenters. The van der Waals surface area contributed by atoms with Gasteiger partial charge in [-0.15, -0.1) is 0 Å². The first-order valence-corrected chi connectivity index (χ1v) is 36.1. The van der Waals surface area contributed by atoms with Crippen molar-refractivity contribution in [2.45, 2.75) is 131 Å². The van der Waals surface area contributed by atoms with E-state index in [4.69, 9.17) is 38.5 Å². The highest BCUT2D eigenvalue weighted by atomic mass is 32.1. The van der Waals surface area contributed by atoms with Crippen LogP contribution >= 0.6 is 12.2 Å². The molecular formula is C82H95N9O8S. The number of piperidine rings is 3. The van der Waals surface area contributed by atoms with E-state index in [-0.39, 0.29) is 50.8 Å². The highest BCUT2D eigenvalue weighted by Gasteiger charge is 2.74. The van der Waals surface area contributed by atoms with Crippen LogP contribution in [0.4, 0.5) is 0 Å². The number of likely N-dealkylation sites (N-methyl/N-ethyl adjacent to an activating group) is 3. The van der Waals surface area contributed by atoms with E-state index in [1.54, 1.807) is 28.4 Å². The first-order chi connectivity index (χ1) is 48.2. The molecule has 12 aliphatic rings. The molecule has 6 bridgehead atoms. The molecule has 18 heteroatoms. The Kier molecular flexibility index (Phi) is 15.5. The van der Waals surface area contributed by atoms with Gasteiger partial charge >= 0.3 is 0 Å². The number of benzene rings is 6. The number of aliphatic imine (C=N–C) groups is 1. The molecule has 0 radical (unpaired) electrons. The molecule has 2 N–H and O–H groups in total. The van der Waals surface area contributed by atoms with Crippen molar-refractivity contribution in [3.8, 4) is 34.5 Å². The number of methoxy groups -OCH3 is 3. The molecule has 3 spiro atoms. The Labute approximate surface area is 592 Å². The summed E-state index contributed by atoms with van der Waals surface area (Å²) >= 11 is 4.14. The second-order valence-electron chi connectivity index (χ2n) is 31.0. The van der Waals surface area contributed by atoms with E-state index in [2.05, 4.69) is 229 Å². The SMILES string of the molecule is CN.CN=C=S.COc1ccc2c3c1OC1c4c(c5ccccc5n4C)CC4(C)C(C2)N(C)CCC314.COc1ccc2c3c1OC1c4c(c5ccccc5n4C)CC4(C)C(C2)N(C)CCC314.COc1ccc2c3c1OC1c4c(c5ccccc5n4C)CC4(C)C(C2)N(C)CCC314.C[N+](=O)[O-]. The van der Waals surface area contributed by atoms with Crippen LogP contribution in [0.15, 0.2) is 114 Å². The van der Waals surface area contributed by atoms with E-state index in [0.29, 0.717) is 18.1 Å². The van der Waals surface area contributed by atoms with Gasteiger partial charge in [-0.3, -0.25) is 10.1 Å². The summed E-state index contributed by atoms with van der Waals surface area (Å²) in [4.78, 5) is 19.5. The summed E-state index contributed by atoms with van der Waals surface area (Å²) in [6.07, 6.45) is 10.1. The molecule has 0 amide bonds. The molecule has 6 aliphatic carbocycles. The number of hydrogen-bond acceptors (Lipinski definition) is 14. The van der Waals surface area contributed by atoms with Crippen molar-refractivity contribution in [1.29, 1.82) is 0 Å². The molecule has 100 heavy (non-hydrogen) atoms. The second-order valence-corrected chi connectivity index (χ2v) is 31.2. The zero-order chi connectivity index (χ0) is 70.2. The van der Waals surface area contributed by atoms with Crippen LogP contribution < -0.4 is 34.2 Å². The molecule has 21 rings (SSSR count). The van der Waals surface area contributed by atoms with Crippen LogP contribution in [0.2, 0.25) is 0 Å². The molecule has 6 aliphatic heterocycles. The van der Waals surface area contributed by atoms with Gasteiger partial charge in [0.2, 0.25) is 0 Å². The molecular weight excluding hydrogens is 1270 g/mol. The molecule has 9 aromatic rings. The molecule has 522 valence electrons. The highest BCUT2D eigenvalue weighted by Crippen LogP contribution is 2.76. The lowest BCUT2D eigenvalue weighted by atomic mass is 9.44. The second kappa shape index (κ2) is 23.4. The Balaban J connectivity index is 0.000000109. The lowest BCUT2D eigenvalue weighted by molar-refractivity contribution is -0.445. The number of nitrogens with two attached hydrogens (primary N) is 1. The van der Waals surface area contributed by atoms with Gasteiger partial charge in [-0.05, 0) is 188 Å². The Bertz CT molecular complexity index is 4470. The molecule has 17 nitrogen and oxygen atoms in total. The Morgan fingerprint density at radius 2 is 0.760 bits per heavy atom. The van der Waals surface area contributed by atoms with E-state index in [1.165, 1.54) is 107 Å². The van der Waals surface area contributed by atoms with Crippen molar-refractivity contribution in [3.05, 3.63) is 186 Å². The number of hydrogen-bond donors (Lipinski definition) is 1. The van der Waals surface area contributed by atoms with E-state index in [9.17, 15) is 0 Å². The molecule has 0 saturated carbocycles. The maximum absolute atomic E-state index is 8.81. The van der Waals surface area contributed by atoms with Gasteiger partial charge in [0.05, 0.1) is 59.8 Å². The zero-order valence-electron chi connectivity index (χ0n) is 60.7. The van der Waals surface area contributed by atoms with Crippen LogP contribution in [-0.2, 0) is 75.9 Å². The van der Waals surface area contributed by atoms with Gasteiger partial charge in [0.25, 0.3) is 0 Å². The third-order valence-electron chi connectivity index (χ3n) is 27.6. The Morgan fingerprint density at radius 3 is 1.01 bits per heavy atom. The van der Waals surface area contributed by atoms with Crippen LogP contribution in [0.5, 0.6) is 34.5 Å². The number of ether oxygens (including phenoxy) is 6. The fraction of sp³-hybridized carbons (Fsp3) is 0.476. The zero-order valence-corrected chi connectivity index (χ0v) is 61.5. The van der Waals surface area contributed by atoms with Gasteiger partial charge in [0.1, 0.15) is 18.3 Å². The molecule has 3 aromatic heterocycles.